The summed E-state index contributed by atoms with van der Waals surface area (Å²) in [6.07, 6.45) is 2.26. The molecule has 0 spiro atoms. The summed E-state index contributed by atoms with van der Waals surface area (Å²) in [4.78, 5) is 31.1. The topological polar surface area (TPSA) is 77.1 Å². The Morgan fingerprint density at radius 3 is 2.45 bits per heavy atom. The number of carbonyl (C=O) groups excluding carboxylic acids is 1. The van der Waals surface area contributed by atoms with Crippen LogP contribution in [-0.4, -0.2) is 91.7 Å². The maximum atomic E-state index is 12.2. The van der Waals surface area contributed by atoms with Crippen LogP contribution < -0.4 is 19.9 Å². The molecule has 1 fully saturated rings. The van der Waals surface area contributed by atoms with Gasteiger partial charge in [0, 0.05) is 56.6 Å². The van der Waals surface area contributed by atoms with Crippen LogP contribution in [0, 0.1) is 13.8 Å². The van der Waals surface area contributed by atoms with Gasteiger partial charge in [-0.25, -0.2) is 0 Å². The Morgan fingerprint density at radius 2 is 1.80 bits per heavy atom. The number of rotatable bonds is 11. The van der Waals surface area contributed by atoms with Crippen LogP contribution in [0.2, 0.25) is 0 Å². The summed E-state index contributed by atoms with van der Waals surface area (Å²) >= 11 is 0. The average Bonchev–Trinajstić information content (AvgIpc) is 2.98. The third-order valence-corrected chi connectivity index (χ3v) is 8.44. The van der Waals surface area contributed by atoms with Gasteiger partial charge in [0.05, 0.1) is 12.2 Å². The molecule has 1 N–H and O–H groups in total. The molecule has 3 heterocycles. The summed E-state index contributed by atoms with van der Waals surface area (Å²) in [6, 6.07) is 5.13. The van der Waals surface area contributed by atoms with E-state index in [0.717, 1.165) is 57.2 Å². The first-order valence-corrected chi connectivity index (χ1v) is 14.7. The molecule has 1 aromatic carbocycles. The van der Waals surface area contributed by atoms with E-state index < -0.39 is 0 Å². The van der Waals surface area contributed by atoms with Crippen molar-refractivity contribution < 1.29 is 9.53 Å². The van der Waals surface area contributed by atoms with Crippen LogP contribution in [0.4, 0.5) is 11.5 Å². The molecular formula is C31H47N7O2. The van der Waals surface area contributed by atoms with Crippen molar-refractivity contribution in [3.05, 3.63) is 52.7 Å². The van der Waals surface area contributed by atoms with Crippen molar-refractivity contribution in [2.24, 2.45) is 0 Å². The predicted octanol–water partition coefficient (Wildman–Crippen LogP) is 3.49. The highest BCUT2D eigenvalue weighted by atomic mass is 16.5. The largest absolute Gasteiger partial charge is 0.462 e. The van der Waals surface area contributed by atoms with Crippen molar-refractivity contribution in [2.75, 3.05) is 75.8 Å². The number of nitrogens with one attached hydrogen (secondary N) is 1. The molecule has 1 amide bonds. The number of carbonyl (C=O) groups is 1. The van der Waals surface area contributed by atoms with Gasteiger partial charge in [-0.05, 0) is 70.1 Å². The molecule has 0 radical (unpaired) electrons. The van der Waals surface area contributed by atoms with Gasteiger partial charge in [-0.15, -0.1) is 0 Å². The summed E-state index contributed by atoms with van der Waals surface area (Å²) in [7, 11) is 2.02. The summed E-state index contributed by atoms with van der Waals surface area (Å²) in [5, 5.41) is 3.45. The highest BCUT2D eigenvalue weighted by Gasteiger charge is 2.30. The third-order valence-electron chi connectivity index (χ3n) is 8.44. The predicted molar refractivity (Wildman–Crippen MR) is 162 cm³/mol. The minimum Gasteiger partial charge on any atom is -0.462 e. The zero-order valence-corrected chi connectivity index (χ0v) is 25.3. The molecule has 1 aromatic heterocycles. The van der Waals surface area contributed by atoms with E-state index in [1.807, 2.05) is 11.9 Å². The van der Waals surface area contributed by atoms with Gasteiger partial charge in [0.2, 0.25) is 5.91 Å². The number of fused-ring (bicyclic) bond motifs is 1. The lowest BCUT2D eigenvalue weighted by molar-refractivity contribution is -0.126. The van der Waals surface area contributed by atoms with Crippen molar-refractivity contribution in [1.29, 1.82) is 0 Å². The average molecular weight is 550 g/mol. The molecule has 0 bridgehead atoms. The number of hydrogen-bond acceptors (Lipinski definition) is 8. The fraction of sp³-hybridized carbons (Fsp3) is 0.581. The molecule has 218 valence electrons. The smallest absolute Gasteiger partial charge is 0.318 e. The normalized spacial score (nSPS) is 16.2. The highest BCUT2D eigenvalue weighted by Crippen LogP contribution is 2.37. The van der Waals surface area contributed by atoms with Crippen LogP contribution in [0.5, 0.6) is 6.01 Å². The Balaban J connectivity index is 1.66. The molecule has 40 heavy (non-hydrogen) atoms. The van der Waals surface area contributed by atoms with Gasteiger partial charge in [-0.1, -0.05) is 32.6 Å². The van der Waals surface area contributed by atoms with Crippen LogP contribution in [0.3, 0.4) is 0 Å². The van der Waals surface area contributed by atoms with Crippen molar-refractivity contribution >= 4 is 17.4 Å². The second-order valence-electron chi connectivity index (χ2n) is 10.8. The first kappa shape index (κ1) is 29.8. The molecule has 1 saturated heterocycles. The molecule has 2 aliphatic rings. The standard InChI is InChI=1S/C31H47N7O2/c1-8-27(39)36-15-17-37(18-16-36)30-25-13-14-38(29-23(5)12-11-22(4)28(29)24(6)32-7)21-26(25)33-31(34-30)40-20-19-35(9-2)10-3/h8,11-12,24,32H,1,9-10,13-21H2,2-7H3. The molecule has 9 nitrogen and oxygen atoms in total. The number of benzene rings is 1. The van der Waals surface area contributed by atoms with Crippen molar-refractivity contribution in [2.45, 2.75) is 53.6 Å². The molecule has 1 unspecified atom stereocenters. The molecule has 1 atom stereocenters. The lowest BCUT2D eigenvalue weighted by Gasteiger charge is -2.39. The van der Waals surface area contributed by atoms with E-state index in [1.165, 1.54) is 34.0 Å². The summed E-state index contributed by atoms with van der Waals surface area (Å²) < 4.78 is 6.18. The second kappa shape index (κ2) is 13.5. The van der Waals surface area contributed by atoms with Gasteiger partial charge in [0.25, 0.3) is 0 Å². The van der Waals surface area contributed by atoms with Gasteiger partial charge in [-0.3, -0.25) is 4.79 Å². The first-order valence-electron chi connectivity index (χ1n) is 14.7. The highest BCUT2D eigenvalue weighted by molar-refractivity contribution is 5.87. The molecule has 0 aliphatic carbocycles. The summed E-state index contributed by atoms with van der Waals surface area (Å²) in [5.41, 5.74) is 7.45. The number of hydrogen-bond donors (Lipinski definition) is 1. The number of aryl methyl sites for hydroxylation is 2. The summed E-state index contributed by atoms with van der Waals surface area (Å²) in [5.74, 6) is 0.943. The van der Waals surface area contributed by atoms with Crippen molar-refractivity contribution in [3.8, 4) is 6.01 Å². The quantitative estimate of drug-likeness (QED) is 0.427. The Bertz CT molecular complexity index is 1190. The molecule has 9 heteroatoms. The molecule has 2 aromatic rings. The zero-order chi connectivity index (χ0) is 28.8. The van der Waals surface area contributed by atoms with E-state index in [2.05, 4.69) is 73.3 Å². The van der Waals surface area contributed by atoms with Crippen LogP contribution in [-0.2, 0) is 17.8 Å². The molecule has 0 saturated carbocycles. The lowest BCUT2D eigenvalue weighted by atomic mass is 9.94. The van der Waals surface area contributed by atoms with E-state index in [0.29, 0.717) is 32.3 Å². The third kappa shape index (κ3) is 6.41. The maximum absolute atomic E-state index is 12.2. The number of likely N-dealkylation sites (N-methyl/N-ethyl adjacent to an activating group) is 1. The van der Waals surface area contributed by atoms with Crippen LogP contribution >= 0.6 is 0 Å². The van der Waals surface area contributed by atoms with Crippen LogP contribution in [0.25, 0.3) is 0 Å². The van der Waals surface area contributed by atoms with Crippen molar-refractivity contribution in [3.63, 3.8) is 0 Å². The lowest BCUT2D eigenvalue weighted by Crippen LogP contribution is -2.49. The number of ether oxygens (including phenoxy) is 1. The zero-order valence-electron chi connectivity index (χ0n) is 25.3. The van der Waals surface area contributed by atoms with Crippen LogP contribution in [0.1, 0.15) is 54.8 Å². The second-order valence-corrected chi connectivity index (χ2v) is 10.8. The molecule has 2 aliphatic heterocycles. The fourth-order valence-corrected chi connectivity index (χ4v) is 5.91. The SMILES string of the molecule is C=CC(=O)N1CCN(c2nc(OCCN(CC)CC)nc3c2CCN(c2c(C)ccc(C)c2C(C)NC)C3)CC1. The Labute approximate surface area is 240 Å². The minimum absolute atomic E-state index is 0.0134. The van der Waals surface area contributed by atoms with Gasteiger partial charge in [0.1, 0.15) is 12.4 Å². The van der Waals surface area contributed by atoms with Gasteiger partial charge >= 0.3 is 6.01 Å². The minimum atomic E-state index is -0.0134. The fourth-order valence-electron chi connectivity index (χ4n) is 5.91. The molecule has 4 rings (SSSR count). The Morgan fingerprint density at radius 1 is 1.10 bits per heavy atom. The van der Waals surface area contributed by atoms with E-state index in [4.69, 9.17) is 14.7 Å². The van der Waals surface area contributed by atoms with Crippen molar-refractivity contribution in [1.82, 2.24) is 25.1 Å². The molecular weight excluding hydrogens is 502 g/mol. The van der Waals surface area contributed by atoms with Gasteiger partial charge in [-0.2, -0.15) is 9.97 Å². The van der Waals surface area contributed by atoms with Gasteiger partial charge in [0.15, 0.2) is 0 Å². The Kier molecular flexibility index (Phi) is 10.0. The first-order chi connectivity index (χ1) is 19.3. The maximum Gasteiger partial charge on any atom is 0.318 e. The van der Waals surface area contributed by atoms with E-state index in [9.17, 15) is 4.79 Å². The summed E-state index contributed by atoms with van der Waals surface area (Å²) in [6.45, 7) is 22.3. The van der Waals surface area contributed by atoms with E-state index >= 15 is 0 Å². The van der Waals surface area contributed by atoms with E-state index in [-0.39, 0.29) is 11.9 Å². The number of piperazine rings is 1. The van der Waals surface area contributed by atoms with Crippen LogP contribution in [0.15, 0.2) is 24.8 Å². The monoisotopic (exact) mass is 549 g/mol. The number of nitrogens with zero attached hydrogens (tertiary/aromatic N) is 6. The van der Waals surface area contributed by atoms with E-state index in [1.54, 1.807) is 0 Å². The van der Waals surface area contributed by atoms with Gasteiger partial charge < -0.3 is 29.7 Å². The Hall–Kier alpha value is -3.17. The number of aromatic nitrogens is 2. The number of amides is 1. The number of anilines is 2.